The van der Waals surface area contributed by atoms with Crippen molar-refractivity contribution in [3.8, 4) is 5.75 Å². The molecule has 1 aromatic heterocycles. The van der Waals surface area contributed by atoms with Gasteiger partial charge in [-0.1, -0.05) is 33.3 Å². The Morgan fingerprint density at radius 1 is 1.15 bits per heavy atom. The van der Waals surface area contributed by atoms with Crippen LogP contribution in [0.2, 0.25) is 0 Å². The minimum absolute atomic E-state index is 0.0132. The van der Waals surface area contributed by atoms with E-state index in [1.807, 2.05) is 19.9 Å². The Kier molecular flexibility index (Phi) is 9.54. The smallest absolute Gasteiger partial charge is 0.409 e. The third-order valence-corrected chi connectivity index (χ3v) is 6.04. The summed E-state index contributed by atoms with van der Waals surface area (Å²) in [6.45, 7) is 7.92. The highest BCUT2D eigenvalue weighted by Gasteiger charge is 2.26. The number of aryl methyl sites for hydroxylation is 2. The van der Waals surface area contributed by atoms with Crippen molar-refractivity contribution in [3.63, 3.8) is 0 Å². The molecule has 7 heteroatoms. The van der Waals surface area contributed by atoms with Crippen LogP contribution in [0.25, 0.3) is 10.9 Å². The number of amides is 1. The number of hydrogen-bond donors (Lipinski definition) is 0. The largest absolute Gasteiger partial charge is 0.488 e. The van der Waals surface area contributed by atoms with Gasteiger partial charge in [-0.25, -0.2) is 9.78 Å². The van der Waals surface area contributed by atoms with Crippen LogP contribution < -0.4 is 4.74 Å². The van der Waals surface area contributed by atoms with Gasteiger partial charge >= 0.3 is 12.1 Å². The number of ether oxygens (including phenoxy) is 3. The second-order valence-electron chi connectivity index (χ2n) is 9.42. The fraction of sp³-hybridized carbons (Fsp3) is 0.593. The molecular formula is C27H38N2O5. The summed E-state index contributed by atoms with van der Waals surface area (Å²) in [5, 5.41) is 1.04. The minimum atomic E-state index is -0.244. The van der Waals surface area contributed by atoms with Gasteiger partial charge in [-0.15, -0.1) is 0 Å². The molecule has 7 nitrogen and oxygen atoms in total. The lowest BCUT2D eigenvalue weighted by molar-refractivity contribution is -0.140. The highest BCUT2D eigenvalue weighted by atomic mass is 16.6. The number of piperidine rings is 1. The molecule has 1 fully saturated rings. The van der Waals surface area contributed by atoms with Gasteiger partial charge in [-0.05, 0) is 42.5 Å². The zero-order chi connectivity index (χ0) is 24.5. The maximum absolute atomic E-state index is 12.3. The molecule has 0 radical (unpaired) electrons. The van der Waals surface area contributed by atoms with E-state index >= 15 is 0 Å². The summed E-state index contributed by atoms with van der Waals surface area (Å²) in [6.07, 6.45) is 5.33. The van der Waals surface area contributed by atoms with Crippen LogP contribution in [0.4, 0.5) is 4.79 Å². The first-order chi connectivity index (χ1) is 16.4. The summed E-state index contributed by atoms with van der Waals surface area (Å²) in [7, 11) is 1.40. The number of aromatic nitrogens is 1. The Bertz CT molecular complexity index is 967. The van der Waals surface area contributed by atoms with Crippen molar-refractivity contribution in [2.24, 2.45) is 5.92 Å². The molecule has 3 rings (SSSR count). The van der Waals surface area contributed by atoms with E-state index < -0.39 is 0 Å². The Hall–Kier alpha value is -2.83. The van der Waals surface area contributed by atoms with Gasteiger partial charge in [-0.3, -0.25) is 4.79 Å². The Balaban J connectivity index is 1.73. The molecule has 0 saturated carbocycles. The molecule has 0 bridgehead atoms. The molecule has 186 valence electrons. The lowest BCUT2D eigenvalue weighted by atomic mass is 10.0. The average molecular weight is 471 g/mol. The second-order valence-corrected chi connectivity index (χ2v) is 9.42. The van der Waals surface area contributed by atoms with E-state index in [2.05, 4.69) is 25.1 Å². The lowest BCUT2D eigenvalue weighted by Crippen LogP contribution is -2.42. The summed E-state index contributed by atoms with van der Waals surface area (Å²) < 4.78 is 16.6. The minimum Gasteiger partial charge on any atom is -0.488 e. The quantitative estimate of drug-likeness (QED) is 0.438. The first-order valence-corrected chi connectivity index (χ1v) is 12.5. The summed E-state index contributed by atoms with van der Waals surface area (Å²) in [6, 6.07) is 8.32. The molecule has 1 amide bonds. The van der Waals surface area contributed by atoms with Gasteiger partial charge in [0.15, 0.2) is 0 Å². The zero-order valence-electron chi connectivity index (χ0n) is 21.0. The van der Waals surface area contributed by atoms with E-state index in [9.17, 15) is 9.59 Å². The van der Waals surface area contributed by atoms with Gasteiger partial charge in [0.1, 0.15) is 17.4 Å². The SMILES string of the molecule is CCCCc1cc(OC2CCN(C(=O)OCC(C)C)CC2)c2nc(CCC(=O)OC)ccc2c1. The van der Waals surface area contributed by atoms with Gasteiger partial charge in [0.05, 0.1) is 20.1 Å². The Morgan fingerprint density at radius 2 is 1.91 bits per heavy atom. The van der Waals surface area contributed by atoms with Crippen LogP contribution in [-0.4, -0.2) is 54.9 Å². The fourth-order valence-electron chi connectivity index (χ4n) is 4.05. The van der Waals surface area contributed by atoms with Crippen molar-refractivity contribution in [3.05, 3.63) is 35.5 Å². The summed E-state index contributed by atoms with van der Waals surface area (Å²) in [5.74, 6) is 0.861. The Morgan fingerprint density at radius 3 is 2.59 bits per heavy atom. The highest BCUT2D eigenvalue weighted by molar-refractivity contribution is 5.85. The average Bonchev–Trinajstić information content (AvgIpc) is 2.85. The summed E-state index contributed by atoms with van der Waals surface area (Å²) in [5.41, 5.74) is 2.90. The normalized spacial score (nSPS) is 14.4. The highest BCUT2D eigenvalue weighted by Crippen LogP contribution is 2.30. The van der Waals surface area contributed by atoms with E-state index in [1.54, 1.807) is 4.90 Å². The van der Waals surface area contributed by atoms with Crippen LogP contribution in [0, 0.1) is 5.92 Å². The summed E-state index contributed by atoms with van der Waals surface area (Å²) >= 11 is 0. The van der Waals surface area contributed by atoms with E-state index in [-0.39, 0.29) is 18.2 Å². The number of nitrogens with zero attached hydrogens (tertiary/aromatic N) is 2. The number of rotatable bonds is 10. The number of methoxy groups -OCH3 is 1. The van der Waals surface area contributed by atoms with Crippen molar-refractivity contribution in [1.82, 2.24) is 9.88 Å². The molecule has 0 atom stereocenters. The second kappa shape index (κ2) is 12.6. The van der Waals surface area contributed by atoms with Crippen molar-refractivity contribution < 1.29 is 23.8 Å². The number of carbonyl (C=O) groups excluding carboxylic acids is 2. The molecule has 2 heterocycles. The van der Waals surface area contributed by atoms with Crippen molar-refractivity contribution >= 4 is 23.0 Å². The van der Waals surface area contributed by atoms with Crippen LogP contribution in [0.5, 0.6) is 5.75 Å². The molecule has 0 N–H and O–H groups in total. The molecule has 2 aromatic rings. The third kappa shape index (κ3) is 7.34. The van der Waals surface area contributed by atoms with Crippen LogP contribution in [-0.2, 0) is 27.1 Å². The first kappa shape index (κ1) is 25.8. The molecule has 34 heavy (non-hydrogen) atoms. The number of likely N-dealkylation sites (tertiary alicyclic amines) is 1. The zero-order valence-corrected chi connectivity index (χ0v) is 21.0. The summed E-state index contributed by atoms with van der Waals surface area (Å²) in [4.78, 5) is 30.4. The maximum atomic E-state index is 12.3. The first-order valence-electron chi connectivity index (χ1n) is 12.5. The van der Waals surface area contributed by atoms with Crippen LogP contribution in [0.3, 0.4) is 0 Å². The topological polar surface area (TPSA) is 78.0 Å². The molecule has 0 unspecified atom stereocenters. The molecule has 1 aromatic carbocycles. The predicted octanol–water partition coefficient (Wildman–Crippen LogP) is 5.32. The number of esters is 1. The van der Waals surface area contributed by atoms with Crippen LogP contribution in [0.1, 0.15) is 64.1 Å². The number of unbranched alkanes of at least 4 members (excludes halogenated alkanes) is 1. The molecular weight excluding hydrogens is 432 g/mol. The van der Waals surface area contributed by atoms with Gasteiger partial charge in [0, 0.05) is 43.4 Å². The van der Waals surface area contributed by atoms with Crippen molar-refractivity contribution in [2.45, 2.75) is 71.8 Å². The van der Waals surface area contributed by atoms with E-state index in [1.165, 1.54) is 12.7 Å². The van der Waals surface area contributed by atoms with E-state index in [4.69, 9.17) is 19.2 Å². The molecule has 0 spiro atoms. The lowest BCUT2D eigenvalue weighted by Gasteiger charge is -2.32. The van der Waals surface area contributed by atoms with E-state index in [0.29, 0.717) is 38.5 Å². The van der Waals surface area contributed by atoms with Crippen molar-refractivity contribution in [1.29, 1.82) is 0 Å². The van der Waals surface area contributed by atoms with Gasteiger partial charge in [0.25, 0.3) is 0 Å². The number of carbonyl (C=O) groups is 2. The molecule has 1 aliphatic heterocycles. The standard InChI is InChI=1S/C27H38N2O5/c1-5-6-7-20-16-21-8-9-22(10-11-25(30)32-4)28-26(21)24(17-20)34-23-12-14-29(15-13-23)27(31)33-18-19(2)3/h8-9,16-17,19,23H,5-7,10-15,18H2,1-4H3. The van der Waals surface area contributed by atoms with Crippen LogP contribution >= 0.6 is 0 Å². The van der Waals surface area contributed by atoms with E-state index in [0.717, 1.165) is 54.5 Å². The van der Waals surface area contributed by atoms with Gasteiger partial charge in [0.2, 0.25) is 0 Å². The number of fused-ring (bicyclic) bond motifs is 1. The third-order valence-electron chi connectivity index (χ3n) is 6.04. The van der Waals surface area contributed by atoms with Gasteiger partial charge in [-0.2, -0.15) is 0 Å². The fourth-order valence-corrected chi connectivity index (χ4v) is 4.05. The number of benzene rings is 1. The number of pyridine rings is 1. The monoisotopic (exact) mass is 470 g/mol. The van der Waals surface area contributed by atoms with Crippen molar-refractivity contribution in [2.75, 3.05) is 26.8 Å². The molecule has 1 saturated heterocycles. The van der Waals surface area contributed by atoms with Crippen LogP contribution in [0.15, 0.2) is 24.3 Å². The molecule has 1 aliphatic rings. The molecule has 0 aliphatic carbocycles. The predicted molar refractivity (Wildman–Crippen MR) is 132 cm³/mol. The Labute approximate surface area is 202 Å². The maximum Gasteiger partial charge on any atom is 0.409 e. The number of hydrogen-bond acceptors (Lipinski definition) is 6. The van der Waals surface area contributed by atoms with Gasteiger partial charge < -0.3 is 19.1 Å².